The van der Waals surface area contributed by atoms with Crippen LogP contribution in [-0.4, -0.2) is 36.0 Å². The molecule has 0 bridgehead atoms. The van der Waals surface area contributed by atoms with E-state index in [0.29, 0.717) is 12.2 Å². The van der Waals surface area contributed by atoms with Gasteiger partial charge in [0.2, 0.25) is 5.91 Å². The highest BCUT2D eigenvalue weighted by Gasteiger charge is 2.19. The van der Waals surface area contributed by atoms with E-state index >= 15 is 0 Å². The standard InChI is InChI=1S/C11H17N3OS/c1-14(10-5-3-4-7-13-10)11(15)9(12)6-8-16-2/h3-5,7,9H,6,8,12H2,1-2H3/t9-/m1/s1. The Hall–Kier alpha value is -1.07. The van der Waals surface area contributed by atoms with E-state index < -0.39 is 6.04 Å². The first-order valence-corrected chi connectivity index (χ1v) is 6.49. The molecule has 16 heavy (non-hydrogen) atoms. The van der Waals surface area contributed by atoms with Crippen molar-refractivity contribution >= 4 is 23.5 Å². The molecule has 5 heteroatoms. The van der Waals surface area contributed by atoms with Gasteiger partial charge >= 0.3 is 0 Å². The lowest BCUT2D eigenvalue weighted by atomic mass is 10.2. The number of nitrogens with two attached hydrogens (primary N) is 1. The van der Waals surface area contributed by atoms with Gasteiger partial charge < -0.3 is 5.73 Å². The molecular weight excluding hydrogens is 222 g/mol. The number of amides is 1. The Labute approximate surface area is 100 Å². The zero-order valence-electron chi connectivity index (χ0n) is 9.59. The van der Waals surface area contributed by atoms with Gasteiger partial charge in [-0.05, 0) is 30.6 Å². The molecule has 0 aliphatic heterocycles. The van der Waals surface area contributed by atoms with Gasteiger partial charge in [-0.25, -0.2) is 4.98 Å². The molecule has 4 nitrogen and oxygen atoms in total. The summed E-state index contributed by atoms with van der Waals surface area (Å²) in [6.45, 7) is 0. The molecule has 1 aromatic heterocycles. The lowest BCUT2D eigenvalue weighted by Crippen LogP contribution is -2.42. The maximum Gasteiger partial charge on any atom is 0.244 e. The molecule has 0 saturated heterocycles. The van der Waals surface area contributed by atoms with Gasteiger partial charge in [0.25, 0.3) is 0 Å². The summed E-state index contributed by atoms with van der Waals surface area (Å²) in [7, 11) is 1.70. The normalized spacial score (nSPS) is 12.2. The summed E-state index contributed by atoms with van der Waals surface area (Å²) in [5, 5.41) is 0. The number of hydrogen-bond donors (Lipinski definition) is 1. The zero-order chi connectivity index (χ0) is 12.0. The number of rotatable bonds is 5. The third-order valence-electron chi connectivity index (χ3n) is 2.27. The maximum absolute atomic E-state index is 11.9. The summed E-state index contributed by atoms with van der Waals surface area (Å²) in [5.74, 6) is 1.43. The monoisotopic (exact) mass is 239 g/mol. The molecule has 0 radical (unpaired) electrons. The van der Waals surface area contributed by atoms with Gasteiger partial charge in [-0.15, -0.1) is 0 Å². The Kier molecular flexibility index (Phi) is 5.28. The average Bonchev–Trinajstić information content (AvgIpc) is 2.35. The molecule has 0 aromatic carbocycles. The van der Waals surface area contributed by atoms with Crippen molar-refractivity contribution in [3.63, 3.8) is 0 Å². The van der Waals surface area contributed by atoms with Gasteiger partial charge in [0.15, 0.2) is 0 Å². The number of thioether (sulfide) groups is 1. The van der Waals surface area contributed by atoms with Gasteiger partial charge in [0, 0.05) is 13.2 Å². The van der Waals surface area contributed by atoms with Crippen molar-refractivity contribution in [3.05, 3.63) is 24.4 Å². The van der Waals surface area contributed by atoms with Crippen molar-refractivity contribution in [2.24, 2.45) is 5.73 Å². The lowest BCUT2D eigenvalue weighted by Gasteiger charge is -2.20. The van der Waals surface area contributed by atoms with Crippen LogP contribution in [0.3, 0.4) is 0 Å². The zero-order valence-corrected chi connectivity index (χ0v) is 10.4. The number of aromatic nitrogens is 1. The molecule has 0 saturated carbocycles. The minimum Gasteiger partial charge on any atom is -0.320 e. The fraction of sp³-hybridized carbons (Fsp3) is 0.455. The summed E-state index contributed by atoms with van der Waals surface area (Å²) in [6.07, 6.45) is 4.35. The Bertz CT molecular complexity index is 331. The molecule has 0 spiro atoms. The first kappa shape index (κ1) is 13.0. The Morgan fingerprint density at radius 3 is 2.94 bits per heavy atom. The molecule has 1 aromatic rings. The summed E-state index contributed by atoms with van der Waals surface area (Å²) < 4.78 is 0. The third-order valence-corrected chi connectivity index (χ3v) is 2.92. The van der Waals surface area contributed by atoms with Gasteiger partial charge in [-0.1, -0.05) is 6.07 Å². The number of nitrogens with zero attached hydrogens (tertiary/aromatic N) is 2. The van der Waals surface area contributed by atoms with Crippen molar-refractivity contribution in [2.75, 3.05) is 24.0 Å². The van der Waals surface area contributed by atoms with E-state index in [0.717, 1.165) is 5.75 Å². The quantitative estimate of drug-likeness (QED) is 0.836. The van der Waals surface area contributed by atoms with Crippen molar-refractivity contribution in [1.29, 1.82) is 0 Å². The topological polar surface area (TPSA) is 59.2 Å². The number of hydrogen-bond acceptors (Lipinski definition) is 4. The molecule has 1 heterocycles. The fourth-order valence-corrected chi connectivity index (χ4v) is 1.77. The van der Waals surface area contributed by atoms with Gasteiger partial charge in [0.1, 0.15) is 5.82 Å². The summed E-state index contributed by atoms with van der Waals surface area (Å²) in [5.41, 5.74) is 5.81. The fourth-order valence-electron chi connectivity index (χ4n) is 1.28. The minimum absolute atomic E-state index is 0.0900. The van der Waals surface area contributed by atoms with E-state index in [2.05, 4.69) is 4.98 Å². The molecular formula is C11H17N3OS. The number of carbonyl (C=O) groups excluding carboxylic acids is 1. The molecule has 0 unspecified atom stereocenters. The highest BCUT2D eigenvalue weighted by molar-refractivity contribution is 7.98. The highest BCUT2D eigenvalue weighted by Crippen LogP contribution is 2.09. The van der Waals surface area contributed by atoms with Crippen LogP contribution in [-0.2, 0) is 4.79 Å². The minimum atomic E-state index is -0.445. The SMILES string of the molecule is CSCC[C@@H](N)C(=O)N(C)c1ccccn1. The molecule has 0 aliphatic carbocycles. The average molecular weight is 239 g/mol. The van der Waals surface area contributed by atoms with E-state index in [9.17, 15) is 4.79 Å². The molecule has 88 valence electrons. The van der Waals surface area contributed by atoms with Crippen LogP contribution in [0.1, 0.15) is 6.42 Å². The summed E-state index contributed by atoms with van der Waals surface area (Å²) in [4.78, 5) is 17.5. The Balaban J connectivity index is 2.60. The van der Waals surface area contributed by atoms with Crippen LogP contribution in [0.25, 0.3) is 0 Å². The second-order valence-electron chi connectivity index (χ2n) is 3.47. The molecule has 0 fully saturated rings. The third kappa shape index (κ3) is 3.50. The molecule has 1 rings (SSSR count). The molecule has 1 amide bonds. The second kappa shape index (κ2) is 6.50. The Morgan fingerprint density at radius 2 is 2.38 bits per heavy atom. The van der Waals surface area contributed by atoms with Crippen LogP contribution in [0, 0.1) is 0 Å². The highest BCUT2D eigenvalue weighted by atomic mass is 32.2. The number of carbonyl (C=O) groups is 1. The first-order chi connectivity index (χ1) is 7.66. The van der Waals surface area contributed by atoms with Crippen molar-refractivity contribution in [3.8, 4) is 0 Å². The van der Waals surface area contributed by atoms with Crippen molar-refractivity contribution in [1.82, 2.24) is 4.98 Å². The van der Waals surface area contributed by atoms with E-state index in [4.69, 9.17) is 5.73 Å². The number of anilines is 1. The van der Waals surface area contributed by atoms with Crippen molar-refractivity contribution < 1.29 is 4.79 Å². The predicted octanol–water partition coefficient (Wildman–Crippen LogP) is 1.12. The number of pyridine rings is 1. The molecule has 0 aliphatic rings. The lowest BCUT2D eigenvalue weighted by molar-refractivity contribution is -0.119. The van der Waals surface area contributed by atoms with Crippen molar-refractivity contribution in [2.45, 2.75) is 12.5 Å². The molecule has 2 N–H and O–H groups in total. The van der Waals surface area contributed by atoms with Crippen LogP contribution in [0.4, 0.5) is 5.82 Å². The van der Waals surface area contributed by atoms with Gasteiger partial charge in [-0.2, -0.15) is 11.8 Å². The van der Waals surface area contributed by atoms with Crippen LogP contribution in [0.15, 0.2) is 24.4 Å². The van der Waals surface area contributed by atoms with Gasteiger partial charge in [0.05, 0.1) is 6.04 Å². The van der Waals surface area contributed by atoms with E-state index in [-0.39, 0.29) is 5.91 Å². The van der Waals surface area contributed by atoms with Gasteiger partial charge in [-0.3, -0.25) is 9.69 Å². The van der Waals surface area contributed by atoms with Crippen LogP contribution in [0.2, 0.25) is 0 Å². The van der Waals surface area contributed by atoms with Crippen LogP contribution in [0.5, 0.6) is 0 Å². The smallest absolute Gasteiger partial charge is 0.244 e. The predicted molar refractivity (Wildman–Crippen MR) is 68.6 cm³/mol. The van der Waals surface area contributed by atoms with E-state index in [1.54, 1.807) is 31.1 Å². The van der Waals surface area contributed by atoms with Crippen LogP contribution < -0.4 is 10.6 Å². The number of likely N-dealkylation sites (N-methyl/N-ethyl adjacent to an activating group) is 1. The summed E-state index contributed by atoms with van der Waals surface area (Å²) >= 11 is 1.69. The van der Waals surface area contributed by atoms with E-state index in [1.807, 2.05) is 18.4 Å². The van der Waals surface area contributed by atoms with E-state index in [1.165, 1.54) is 4.90 Å². The molecule has 1 atom stereocenters. The first-order valence-electron chi connectivity index (χ1n) is 5.10. The second-order valence-corrected chi connectivity index (χ2v) is 4.46. The largest absolute Gasteiger partial charge is 0.320 e. The summed E-state index contributed by atoms with van der Waals surface area (Å²) in [6, 6.07) is 5.01. The van der Waals surface area contributed by atoms with Crippen LogP contribution >= 0.6 is 11.8 Å². The maximum atomic E-state index is 11.9. The Morgan fingerprint density at radius 1 is 1.62 bits per heavy atom.